The van der Waals surface area contributed by atoms with Gasteiger partial charge in [0.2, 0.25) is 0 Å². The predicted molar refractivity (Wildman–Crippen MR) is 113 cm³/mol. The first kappa shape index (κ1) is 20.7. The third-order valence-electron chi connectivity index (χ3n) is 4.05. The normalized spacial score (nSPS) is 16.2. The zero-order valence-electron chi connectivity index (χ0n) is 15.7. The molecule has 2 aromatic carbocycles. The van der Waals surface area contributed by atoms with Crippen LogP contribution in [0.15, 0.2) is 40.2 Å². The van der Waals surface area contributed by atoms with Crippen LogP contribution in [0.1, 0.15) is 11.1 Å². The van der Waals surface area contributed by atoms with Crippen molar-refractivity contribution < 1.29 is 19.2 Å². The van der Waals surface area contributed by atoms with Crippen LogP contribution < -0.4 is 14.8 Å². The Morgan fingerprint density at radius 3 is 2.52 bits per heavy atom. The quantitative estimate of drug-likeness (QED) is 0.424. The Hall–Kier alpha value is -3.04. The topological polar surface area (TPSA) is 103 Å². The summed E-state index contributed by atoms with van der Waals surface area (Å²) in [6.45, 7) is 1.88. The minimum Gasteiger partial charge on any atom is -0.493 e. The Kier molecular flexibility index (Phi) is 6.09. The summed E-state index contributed by atoms with van der Waals surface area (Å²) in [7, 11) is 2.81. The zero-order chi connectivity index (χ0) is 21.1. The second-order valence-corrected chi connectivity index (χ2v) is 7.38. The number of amides is 1. The lowest BCUT2D eigenvalue weighted by molar-refractivity contribution is -0.385. The van der Waals surface area contributed by atoms with Crippen molar-refractivity contribution in [2.75, 3.05) is 14.2 Å². The average Bonchev–Trinajstić information content (AvgIpc) is 3.02. The number of halogens is 1. The van der Waals surface area contributed by atoms with Crippen molar-refractivity contribution in [3.63, 3.8) is 0 Å². The minimum atomic E-state index is -0.546. The smallest absolute Gasteiger partial charge is 0.280 e. The average molecular weight is 434 g/mol. The maximum atomic E-state index is 12.3. The summed E-state index contributed by atoms with van der Waals surface area (Å²) in [6, 6.07) is 8.00. The van der Waals surface area contributed by atoms with Crippen molar-refractivity contribution in [1.82, 2.24) is 5.32 Å². The van der Waals surface area contributed by atoms with Gasteiger partial charge in [0, 0.05) is 5.02 Å². The Bertz CT molecular complexity index is 1070. The molecule has 1 amide bonds. The molecule has 150 valence electrons. The summed E-state index contributed by atoms with van der Waals surface area (Å²) >= 11 is 7.18. The van der Waals surface area contributed by atoms with Crippen LogP contribution >= 0.6 is 23.4 Å². The number of nitrogens with one attached hydrogen (secondary N) is 1. The van der Waals surface area contributed by atoms with E-state index >= 15 is 0 Å². The van der Waals surface area contributed by atoms with Crippen LogP contribution in [-0.4, -0.2) is 30.2 Å². The van der Waals surface area contributed by atoms with E-state index in [-0.39, 0.29) is 21.9 Å². The van der Waals surface area contributed by atoms with Gasteiger partial charge in [-0.1, -0.05) is 17.7 Å². The molecule has 0 aromatic heterocycles. The van der Waals surface area contributed by atoms with E-state index < -0.39 is 10.8 Å². The monoisotopic (exact) mass is 433 g/mol. The number of rotatable bonds is 5. The highest BCUT2D eigenvalue weighted by molar-refractivity contribution is 8.18. The molecule has 8 nitrogen and oxygen atoms in total. The van der Waals surface area contributed by atoms with Crippen molar-refractivity contribution in [3.05, 3.63) is 61.5 Å². The fourth-order valence-electron chi connectivity index (χ4n) is 2.55. The number of aliphatic imine (C=N–C) groups is 1. The SMILES string of the molecule is COc1cc(/C=C2\SC(=Nc3ccc(C)c(Cl)c3)NC2=O)c([N+](=O)[O-])cc1OC. The molecule has 0 saturated carbocycles. The van der Waals surface area contributed by atoms with E-state index in [4.69, 9.17) is 21.1 Å². The number of carbonyl (C=O) groups excluding carboxylic acids is 1. The molecule has 0 bridgehead atoms. The molecular formula is C19H16ClN3O5S. The molecule has 29 heavy (non-hydrogen) atoms. The van der Waals surface area contributed by atoms with Gasteiger partial charge in [-0.3, -0.25) is 14.9 Å². The summed E-state index contributed by atoms with van der Waals surface area (Å²) in [4.78, 5) is 27.9. The van der Waals surface area contributed by atoms with Crippen molar-refractivity contribution >= 4 is 51.9 Å². The lowest BCUT2D eigenvalue weighted by Crippen LogP contribution is -2.19. The van der Waals surface area contributed by atoms with Crippen LogP contribution in [0, 0.1) is 17.0 Å². The molecule has 2 aromatic rings. The van der Waals surface area contributed by atoms with Crippen LogP contribution in [0.3, 0.4) is 0 Å². The first-order valence-corrected chi connectivity index (χ1v) is 9.48. The molecule has 1 aliphatic rings. The first-order chi connectivity index (χ1) is 13.8. The maximum Gasteiger partial charge on any atom is 0.280 e. The Labute approximate surface area is 175 Å². The van der Waals surface area contributed by atoms with E-state index in [1.165, 1.54) is 32.4 Å². The summed E-state index contributed by atoms with van der Waals surface area (Å²) in [6.07, 6.45) is 1.42. The van der Waals surface area contributed by atoms with E-state index in [0.717, 1.165) is 17.3 Å². The van der Waals surface area contributed by atoms with Gasteiger partial charge >= 0.3 is 0 Å². The van der Waals surface area contributed by atoms with Crippen molar-refractivity contribution in [1.29, 1.82) is 0 Å². The summed E-state index contributed by atoms with van der Waals surface area (Å²) < 4.78 is 10.3. The fourth-order valence-corrected chi connectivity index (χ4v) is 3.56. The number of hydrogen-bond acceptors (Lipinski definition) is 7. The lowest BCUT2D eigenvalue weighted by Gasteiger charge is -2.08. The van der Waals surface area contributed by atoms with Gasteiger partial charge in [0.25, 0.3) is 11.6 Å². The summed E-state index contributed by atoms with van der Waals surface area (Å²) in [5.74, 6) is 0.135. The van der Waals surface area contributed by atoms with Crippen LogP contribution in [0.5, 0.6) is 11.5 Å². The second-order valence-electron chi connectivity index (χ2n) is 5.94. The number of thioether (sulfide) groups is 1. The predicted octanol–water partition coefficient (Wildman–Crippen LogP) is 4.47. The molecule has 0 spiro atoms. The number of hydrogen-bond donors (Lipinski definition) is 1. The second kappa shape index (κ2) is 8.54. The van der Waals surface area contributed by atoms with Crippen LogP contribution in [0.4, 0.5) is 11.4 Å². The Morgan fingerprint density at radius 2 is 1.90 bits per heavy atom. The van der Waals surface area contributed by atoms with Crippen LogP contribution in [0.25, 0.3) is 6.08 Å². The van der Waals surface area contributed by atoms with Gasteiger partial charge in [0.1, 0.15) is 0 Å². The third kappa shape index (κ3) is 4.52. The zero-order valence-corrected chi connectivity index (χ0v) is 17.3. The molecule has 1 heterocycles. The maximum absolute atomic E-state index is 12.3. The van der Waals surface area contributed by atoms with E-state index in [2.05, 4.69) is 10.3 Å². The number of nitrogens with zero attached hydrogens (tertiary/aromatic N) is 2. The van der Waals surface area contributed by atoms with Gasteiger partial charge in [0.05, 0.1) is 41.4 Å². The minimum absolute atomic E-state index is 0.209. The van der Waals surface area contributed by atoms with Crippen molar-refractivity contribution in [2.24, 2.45) is 4.99 Å². The fraction of sp³-hybridized carbons (Fsp3) is 0.158. The molecule has 1 N–H and O–H groups in total. The van der Waals surface area contributed by atoms with Gasteiger partial charge in [-0.25, -0.2) is 4.99 Å². The number of nitro benzene ring substituents is 1. The van der Waals surface area contributed by atoms with Crippen molar-refractivity contribution in [2.45, 2.75) is 6.92 Å². The highest BCUT2D eigenvalue weighted by Crippen LogP contribution is 2.37. The van der Waals surface area contributed by atoms with E-state index in [9.17, 15) is 14.9 Å². The van der Waals surface area contributed by atoms with E-state index in [1.807, 2.05) is 13.0 Å². The van der Waals surface area contributed by atoms with Crippen LogP contribution in [-0.2, 0) is 4.79 Å². The summed E-state index contributed by atoms with van der Waals surface area (Å²) in [5, 5.41) is 15.0. The molecule has 1 saturated heterocycles. The molecule has 3 rings (SSSR count). The van der Waals surface area contributed by atoms with Gasteiger partial charge in [-0.2, -0.15) is 0 Å². The molecule has 0 radical (unpaired) electrons. The number of aryl methyl sites for hydroxylation is 1. The standard InChI is InChI=1S/C19H16ClN3O5S/c1-10-4-5-12(8-13(10)20)21-19-22-18(24)17(29-19)7-11-6-15(27-2)16(28-3)9-14(11)23(25)26/h4-9H,1-3H3,(H,21,22,24)/b17-7-. The number of carbonyl (C=O) groups is 1. The molecule has 10 heteroatoms. The lowest BCUT2D eigenvalue weighted by atomic mass is 10.1. The number of nitro groups is 1. The Morgan fingerprint density at radius 1 is 1.21 bits per heavy atom. The van der Waals surface area contributed by atoms with Gasteiger partial charge in [-0.05, 0) is 48.5 Å². The number of methoxy groups -OCH3 is 2. The van der Waals surface area contributed by atoms with Gasteiger partial charge in [-0.15, -0.1) is 0 Å². The van der Waals surface area contributed by atoms with E-state index in [0.29, 0.717) is 21.6 Å². The molecule has 1 fully saturated rings. The molecule has 0 aliphatic carbocycles. The summed E-state index contributed by atoms with van der Waals surface area (Å²) in [5.41, 5.74) is 1.51. The number of benzene rings is 2. The van der Waals surface area contributed by atoms with Crippen molar-refractivity contribution in [3.8, 4) is 11.5 Å². The molecule has 0 unspecified atom stereocenters. The molecule has 1 aliphatic heterocycles. The Balaban J connectivity index is 1.96. The highest BCUT2D eigenvalue weighted by atomic mass is 35.5. The highest BCUT2D eigenvalue weighted by Gasteiger charge is 2.26. The first-order valence-electron chi connectivity index (χ1n) is 8.28. The third-order valence-corrected chi connectivity index (χ3v) is 5.37. The molecular weight excluding hydrogens is 418 g/mol. The van der Waals surface area contributed by atoms with Crippen LogP contribution in [0.2, 0.25) is 5.02 Å². The van der Waals surface area contributed by atoms with E-state index in [1.54, 1.807) is 12.1 Å². The largest absolute Gasteiger partial charge is 0.493 e. The number of amidine groups is 1. The molecule has 0 atom stereocenters. The number of ether oxygens (including phenoxy) is 2. The van der Waals surface area contributed by atoms with Gasteiger partial charge < -0.3 is 14.8 Å². The van der Waals surface area contributed by atoms with Gasteiger partial charge in [0.15, 0.2) is 16.7 Å².